The topological polar surface area (TPSA) is 70.8 Å². The minimum atomic E-state index is -0.837. The monoisotopic (exact) mass is 327 g/mol. The molecule has 1 aromatic heterocycles. The van der Waals surface area contributed by atoms with Crippen LogP contribution in [0.1, 0.15) is 18.6 Å². The summed E-state index contributed by atoms with van der Waals surface area (Å²) in [6, 6.07) is 3.48. The average Bonchev–Trinajstić information content (AvgIpc) is 2.82. The molecule has 0 unspecified atom stereocenters. The molecule has 0 aromatic carbocycles. The Morgan fingerprint density at radius 3 is 2.89 bits per heavy atom. The summed E-state index contributed by atoms with van der Waals surface area (Å²) in [5.41, 5.74) is 0. The number of carboxylic acids is 1. The number of carbonyl (C=O) groups is 2. The van der Waals surface area contributed by atoms with Crippen LogP contribution >= 0.6 is 15.9 Å². The Morgan fingerprint density at radius 2 is 2.26 bits per heavy atom. The van der Waals surface area contributed by atoms with Crippen molar-refractivity contribution < 1.29 is 19.1 Å². The first kappa shape index (κ1) is 13.9. The highest BCUT2D eigenvalue weighted by molar-refractivity contribution is 9.10. The Morgan fingerprint density at radius 1 is 1.47 bits per heavy atom. The molecule has 1 aliphatic rings. The molecule has 2 heterocycles. The fourth-order valence-electron chi connectivity index (χ4n) is 2.06. The maximum atomic E-state index is 11.9. The predicted molar refractivity (Wildman–Crippen MR) is 72.4 cm³/mol. The van der Waals surface area contributed by atoms with Crippen molar-refractivity contribution in [3.63, 3.8) is 0 Å². The van der Waals surface area contributed by atoms with Crippen LogP contribution in [-0.2, 0) is 9.59 Å². The number of halogens is 1. The Labute approximate surface area is 119 Å². The lowest BCUT2D eigenvalue weighted by atomic mass is 9.98. The van der Waals surface area contributed by atoms with Gasteiger partial charge in [0.2, 0.25) is 5.91 Å². The van der Waals surface area contributed by atoms with Crippen LogP contribution in [0.4, 0.5) is 0 Å². The van der Waals surface area contributed by atoms with Crippen LogP contribution in [0.5, 0.6) is 0 Å². The van der Waals surface area contributed by atoms with Crippen LogP contribution in [0.25, 0.3) is 6.08 Å². The van der Waals surface area contributed by atoms with Crippen molar-refractivity contribution >= 4 is 33.9 Å². The van der Waals surface area contributed by atoms with E-state index in [9.17, 15) is 9.59 Å². The normalized spacial score (nSPS) is 19.8. The van der Waals surface area contributed by atoms with E-state index in [-0.39, 0.29) is 12.5 Å². The number of likely N-dealkylation sites (tertiary alicyclic amines) is 1. The van der Waals surface area contributed by atoms with Gasteiger partial charge < -0.3 is 14.4 Å². The van der Waals surface area contributed by atoms with Crippen LogP contribution in [0.15, 0.2) is 27.3 Å². The SMILES string of the molecule is O=C(O)[C@@H]1CCCN(C(=O)/C=C/c2ccc(Br)o2)C1. The van der Waals surface area contributed by atoms with Gasteiger partial charge in [0.05, 0.1) is 5.92 Å². The third-order valence-corrected chi connectivity index (χ3v) is 3.49. The molecule has 1 saturated heterocycles. The summed E-state index contributed by atoms with van der Waals surface area (Å²) in [6.07, 6.45) is 4.35. The fourth-order valence-corrected chi connectivity index (χ4v) is 2.37. The standard InChI is InChI=1S/C13H14BrNO4/c14-11-5-3-10(19-11)4-6-12(16)15-7-1-2-9(8-15)13(17)18/h3-6,9H,1-2,7-8H2,(H,17,18)/b6-4+/t9-/m1/s1. The van der Waals surface area contributed by atoms with Crippen molar-refractivity contribution in [3.8, 4) is 0 Å². The van der Waals surface area contributed by atoms with Gasteiger partial charge in [0.15, 0.2) is 4.67 Å². The molecular formula is C13H14BrNO4. The highest BCUT2D eigenvalue weighted by Gasteiger charge is 2.27. The van der Waals surface area contributed by atoms with Crippen molar-refractivity contribution in [3.05, 3.63) is 28.6 Å². The van der Waals surface area contributed by atoms with E-state index in [2.05, 4.69) is 15.9 Å². The average molecular weight is 328 g/mol. The van der Waals surface area contributed by atoms with Crippen LogP contribution in [-0.4, -0.2) is 35.0 Å². The first-order chi connectivity index (χ1) is 9.06. The Hall–Kier alpha value is -1.56. The van der Waals surface area contributed by atoms with Gasteiger partial charge in [-0.25, -0.2) is 0 Å². The van der Waals surface area contributed by atoms with Gasteiger partial charge in [0.25, 0.3) is 0 Å². The molecule has 1 amide bonds. The molecule has 1 aromatic rings. The number of amides is 1. The lowest BCUT2D eigenvalue weighted by molar-refractivity contribution is -0.144. The molecule has 6 heteroatoms. The van der Waals surface area contributed by atoms with Crippen LogP contribution in [0, 0.1) is 5.92 Å². The summed E-state index contributed by atoms with van der Waals surface area (Å²) in [6.45, 7) is 0.884. The van der Waals surface area contributed by atoms with Gasteiger partial charge >= 0.3 is 5.97 Å². The molecule has 102 valence electrons. The zero-order valence-corrected chi connectivity index (χ0v) is 11.8. The molecule has 0 radical (unpaired) electrons. The first-order valence-corrected chi connectivity index (χ1v) is 6.80. The maximum absolute atomic E-state index is 11.9. The number of hydrogen-bond donors (Lipinski definition) is 1. The summed E-state index contributed by atoms with van der Waals surface area (Å²) in [5, 5.41) is 8.97. The van der Waals surface area contributed by atoms with Gasteiger partial charge in [0, 0.05) is 19.2 Å². The molecule has 5 nitrogen and oxygen atoms in total. The van der Waals surface area contributed by atoms with E-state index in [4.69, 9.17) is 9.52 Å². The van der Waals surface area contributed by atoms with Gasteiger partial charge in [-0.1, -0.05) is 0 Å². The molecule has 2 rings (SSSR count). The van der Waals surface area contributed by atoms with Gasteiger partial charge in [-0.2, -0.15) is 0 Å². The maximum Gasteiger partial charge on any atom is 0.308 e. The lowest BCUT2D eigenvalue weighted by Gasteiger charge is -2.29. The molecular weight excluding hydrogens is 314 g/mol. The van der Waals surface area contributed by atoms with E-state index in [0.717, 1.165) is 6.42 Å². The fraction of sp³-hybridized carbons (Fsp3) is 0.385. The van der Waals surface area contributed by atoms with E-state index in [1.807, 2.05) is 0 Å². The molecule has 1 N–H and O–H groups in total. The second kappa shape index (κ2) is 6.06. The van der Waals surface area contributed by atoms with Crippen LogP contribution in [0.3, 0.4) is 0 Å². The van der Waals surface area contributed by atoms with E-state index in [1.54, 1.807) is 23.1 Å². The van der Waals surface area contributed by atoms with Gasteiger partial charge in [0.1, 0.15) is 5.76 Å². The van der Waals surface area contributed by atoms with Gasteiger partial charge in [-0.15, -0.1) is 0 Å². The molecule has 0 aliphatic carbocycles. The molecule has 0 saturated carbocycles. The molecule has 19 heavy (non-hydrogen) atoms. The number of carbonyl (C=O) groups excluding carboxylic acids is 1. The quantitative estimate of drug-likeness (QED) is 0.865. The Kier molecular flexibility index (Phi) is 4.42. The van der Waals surface area contributed by atoms with E-state index in [1.165, 1.54) is 6.08 Å². The second-order valence-corrected chi connectivity index (χ2v) is 5.22. The van der Waals surface area contributed by atoms with Gasteiger partial charge in [-0.3, -0.25) is 9.59 Å². The third kappa shape index (κ3) is 3.70. The van der Waals surface area contributed by atoms with Crippen LogP contribution in [0.2, 0.25) is 0 Å². The smallest absolute Gasteiger partial charge is 0.308 e. The molecule has 0 bridgehead atoms. The molecule has 1 atom stereocenters. The number of nitrogens with zero attached hydrogens (tertiary/aromatic N) is 1. The number of aliphatic carboxylic acids is 1. The van der Waals surface area contributed by atoms with E-state index >= 15 is 0 Å². The summed E-state index contributed by atoms with van der Waals surface area (Å²) < 4.78 is 5.85. The van der Waals surface area contributed by atoms with Crippen molar-refractivity contribution in [2.45, 2.75) is 12.8 Å². The Balaban J connectivity index is 1.96. The van der Waals surface area contributed by atoms with Gasteiger partial charge in [-0.05, 0) is 47.0 Å². The zero-order valence-electron chi connectivity index (χ0n) is 10.2. The molecule has 1 fully saturated rings. The lowest BCUT2D eigenvalue weighted by Crippen LogP contribution is -2.41. The van der Waals surface area contributed by atoms with E-state index < -0.39 is 11.9 Å². The Bertz CT molecular complexity index is 508. The van der Waals surface area contributed by atoms with E-state index in [0.29, 0.717) is 23.4 Å². The van der Waals surface area contributed by atoms with Crippen molar-refractivity contribution in [2.75, 3.05) is 13.1 Å². The number of carboxylic acid groups (broad SMARTS) is 1. The minimum Gasteiger partial charge on any atom is -0.481 e. The first-order valence-electron chi connectivity index (χ1n) is 6.01. The van der Waals surface area contributed by atoms with Crippen molar-refractivity contribution in [2.24, 2.45) is 5.92 Å². The van der Waals surface area contributed by atoms with Crippen molar-refractivity contribution in [1.82, 2.24) is 4.90 Å². The molecule has 0 spiro atoms. The number of rotatable bonds is 3. The summed E-state index contributed by atoms with van der Waals surface area (Å²) in [7, 11) is 0. The summed E-state index contributed by atoms with van der Waals surface area (Å²) in [5.74, 6) is -0.897. The largest absolute Gasteiger partial charge is 0.481 e. The summed E-state index contributed by atoms with van der Waals surface area (Å²) in [4.78, 5) is 24.4. The zero-order chi connectivity index (χ0) is 13.8. The van der Waals surface area contributed by atoms with Crippen LogP contribution < -0.4 is 0 Å². The third-order valence-electron chi connectivity index (χ3n) is 3.07. The number of hydrogen-bond acceptors (Lipinski definition) is 3. The highest BCUT2D eigenvalue weighted by atomic mass is 79.9. The molecule has 1 aliphatic heterocycles. The predicted octanol–water partition coefficient (Wildman–Crippen LogP) is 2.38. The number of furan rings is 1. The van der Waals surface area contributed by atoms with Crippen molar-refractivity contribution in [1.29, 1.82) is 0 Å². The minimum absolute atomic E-state index is 0.182. The number of piperidine rings is 1. The summed E-state index contributed by atoms with van der Waals surface area (Å²) >= 11 is 3.18. The second-order valence-electron chi connectivity index (χ2n) is 4.44. The highest BCUT2D eigenvalue weighted by Crippen LogP contribution is 2.18.